The number of hydrogen-bond acceptors (Lipinski definition) is 3. The molecule has 2 aromatic rings. The molecular formula is C14H18N2O. The second-order valence-corrected chi connectivity index (χ2v) is 3.99. The molecule has 0 aliphatic rings. The number of ether oxygens (including phenoxy) is 1. The summed E-state index contributed by atoms with van der Waals surface area (Å²) in [6, 6.07) is 14.7. The lowest BCUT2D eigenvalue weighted by Gasteiger charge is -2.16. The summed E-state index contributed by atoms with van der Waals surface area (Å²) in [5.41, 5.74) is 3.95. The molecule has 17 heavy (non-hydrogen) atoms. The molecule has 90 valence electrons. The molecule has 3 heteroatoms. The molecule has 0 aromatic heterocycles. The average molecular weight is 230 g/mol. The molecule has 0 spiro atoms. The lowest BCUT2D eigenvalue weighted by Crippen LogP contribution is -2.31. The average Bonchev–Trinajstić information content (AvgIpc) is 2.39. The highest BCUT2D eigenvalue weighted by atomic mass is 16.5. The van der Waals surface area contributed by atoms with Crippen LogP contribution >= 0.6 is 0 Å². The summed E-state index contributed by atoms with van der Waals surface area (Å²) in [6.07, 6.45) is 0. The van der Waals surface area contributed by atoms with Gasteiger partial charge in [-0.1, -0.05) is 36.4 Å². The Hall–Kier alpha value is -1.42. The molecular weight excluding hydrogens is 212 g/mol. The maximum Gasteiger partial charge on any atom is 0.0694 e. The van der Waals surface area contributed by atoms with Crippen LogP contribution in [0.5, 0.6) is 0 Å². The van der Waals surface area contributed by atoms with Crippen molar-refractivity contribution < 1.29 is 4.74 Å². The van der Waals surface area contributed by atoms with Crippen LogP contribution in [0.3, 0.4) is 0 Å². The zero-order valence-corrected chi connectivity index (χ0v) is 10.0. The van der Waals surface area contributed by atoms with Crippen LogP contribution in [0.25, 0.3) is 10.8 Å². The summed E-state index contributed by atoms with van der Waals surface area (Å²) in [5.74, 6) is 5.56. The third-order valence-electron chi connectivity index (χ3n) is 2.87. The first kappa shape index (κ1) is 12.0. The molecule has 0 radical (unpaired) electrons. The lowest BCUT2D eigenvalue weighted by atomic mass is 10.0. The van der Waals surface area contributed by atoms with Crippen molar-refractivity contribution in [3.05, 3.63) is 48.0 Å². The number of benzene rings is 2. The zero-order chi connectivity index (χ0) is 12.1. The van der Waals surface area contributed by atoms with Gasteiger partial charge in [0.15, 0.2) is 0 Å². The molecule has 1 unspecified atom stereocenters. The quantitative estimate of drug-likeness (QED) is 0.612. The molecule has 3 N–H and O–H groups in total. The van der Waals surface area contributed by atoms with Crippen LogP contribution in [0.1, 0.15) is 18.5 Å². The van der Waals surface area contributed by atoms with E-state index >= 15 is 0 Å². The van der Waals surface area contributed by atoms with Crippen molar-refractivity contribution in [2.45, 2.75) is 13.0 Å². The first-order valence-electron chi connectivity index (χ1n) is 5.87. The first-order chi connectivity index (χ1) is 8.35. The Bertz CT molecular complexity index is 484. The van der Waals surface area contributed by atoms with E-state index in [4.69, 9.17) is 10.6 Å². The molecule has 0 saturated carbocycles. The van der Waals surface area contributed by atoms with Gasteiger partial charge in [-0.3, -0.25) is 11.3 Å². The van der Waals surface area contributed by atoms with Gasteiger partial charge in [0.2, 0.25) is 0 Å². The molecule has 3 nitrogen and oxygen atoms in total. The summed E-state index contributed by atoms with van der Waals surface area (Å²) in [6.45, 7) is 3.27. The second kappa shape index (κ2) is 5.77. The van der Waals surface area contributed by atoms with E-state index in [1.807, 2.05) is 19.1 Å². The molecule has 0 aliphatic heterocycles. The van der Waals surface area contributed by atoms with Gasteiger partial charge in [-0.25, -0.2) is 0 Å². The van der Waals surface area contributed by atoms with Crippen LogP contribution in [0.4, 0.5) is 0 Å². The smallest absolute Gasteiger partial charge is 0.0694 e. The SMILES string of the molecule is CCOCC(NN)c1ccc2ccccc2c1. The minimum absolute atomic E-state index is 0.0413. The maximum atomic E-state index is 5.56. The highest BCUT2D eigenvalue weighted by Crippen LogP contribution is 2.20. The van der Waals surface area contributed by atoms with Gasteiger partial charge < -0.3 is 4.74 Å². The molecule has 0 aliphatic carbocycles. The van der Waals surface area contributed by atoms with Crippen molar-refractivity contribution in [2.24, 2.45) is 5.84 Å². The van der Waals surface area contributed by atoms with Crippen molar-refractivity contribution in [2.75, 3.05) is 13.2 Å². The summed E-state index contributed by atoms with van der Waals surface area (Å²) in [7, 11) is 0. The van der Waals surface area contributed by atoms with Gasteiger partial charge in [-0.05, 0) is 29.3 Å². The monoisotopic (exact) mass is 230 g/mol. The normalized spacial score (nSPS) is 12.8. The molecule has 0 heterocycles. The van der Waals surface area contributed by atoms with Crippen LogP contribution in [-0.4, -0.2) is 13.2 Å². The number of hydrazine groups is 1. The summed E-state index contributed by atoms with van der Waals surface area (Å²) < 4.78 is 5.41. The fourth-order valence-electron chi connectivity index (χ4n) is 1.90. The molecule has 0 bridgehead atoms. The Balaban J connectivity index is 2.27. The van der Waals surface area contributed by atoms with Gasteiger partial charge in [0.05, 0.1) is 12.6 Å². The Morgan fingerprint density at radius 2 is 1.94 bits per heavy atom. The zero-order valence-electron chi connectivity index (χ0n) is 10.0. The van der Waals surface area contributed by atoms with Crippen molar-refractivity contribution >= 4 is 10.8 Å². The predicted octanol–water partition coefficient (Wildman–Crippen LogP) is 2.38. The van der Waals surface area contributed by atoms with Gasteiger partial charge in [-0.2, -0.15) is 0 Å². The predicted molar refractivity (Wildman–Crippen MR) is 70.5 cm³/mol. The lowest BCUT2D eigenvalue weighted by molar-refractivity contribution is 0.123. The van der Waals surface area contributed by atoms with E-state index < -0.39 is 0 Å². The van der Waals surface area contributed by atoms with Crippen molar-refractivity contribution in [3.8, 4) is 0 Å². The van der Waals surface area contributed by atoms with Crippen LogP contribution in [0, 0.1) is 0 Å². The van der Waals surface area contributed by atoms with E-state index in [9.17, 15) is 0 Å². The molecule has 1 atom stereocenters. The highest BCUT2D eigenvalue weighted by Gasteiger charge is 2.09. The Labute approximate surface area is 102 Å². The van der Waals surface area contributed by atoms with Crippen LogP contribution in [0.15, 0.2) is 42.5 Å². The fraction of sp³-hybridized carbons (Fsp3) is 0.286. The molecule has 0 amide bonds. The Morgan fingerprint density at radius 3 is 2.65 bits per heavy atom. The fourth-order valence-corrected chi connectivity index (χ4v) is 1.90. The third-order valence-corrected chi connectivity index (χ3v) is 2.87. The van der Waals surface area contributed by atoms with Crippen LogP contribution < -0.4 is 11.3 Å². The molecule has 0 saturated heterocycles. The third kappa shape index (κ3) is 2.82. The minimum atomic E-state index is 0.0413. The number of rotatable bonds is 5. The summed E-state index contributed by atoms with van der Waals surface area (Å²) in [4.78, 5) is 0. The minimum Gasteiger partial charge on any atom is -0.380 e. The summed E-state index contributed by atoms with van der Waals surface area (Å²) in [5, 5.41) is 2.46. The number of nitrogens with two attached hydrogens (primary N) is 1. The highest BCUT2D eigenvalue weighted by molar-refractivity contribution is 5.83. The Kier molecular flexibility index (Phi) is 4.09. The van der Waals surface area contributed by atoms with E-state index in [-0.39, 0.29) is 6.04 Å². The Morgan fingerprint density at radius 1 is 1.18 bits per heavy atom. The van der Waals surface area contributed by atoms with E-state index in [1.54, 1.807) is 0 Å². The van der Waals surface area contributed by atoms with Crippen molar-refractivity contribution in [1.82, 2.24) is 5.43 Å². The number of nitrogens with one attached hydrogen (secondary N) is 1. The topological polar surface area (TPSA) is 47.3 Å². The summed E-state index contributed by atoms with van der Waals surface area (Å²) >= 11 is 0. The number of hydrogen-bond donors (Lipinski definition) is 2. The van der Waals surface area contributed by atoms with Gasteiger partial charge in [0.1, 0.15) is 0 Å². The largest absolute Gasteiger partial charge is 0.380 e. The maximum absolute atomic E-state index is 5.56. The first-order valence-corrected chi connectivity index (χ1v) is 5.87. The van der Waals surface area contributed by atoms with E-state index in [1.165, 1.54) is 10.8 Å². The van der Waals surface area contributed by atoms with E-state index in [0.29, 0.717) is 13.2 Å². The number of fused-ring (bicyclic) bond motifs is 1. The van der Waals surface area contributed by atoms with E-state index in [2.05, 4.69) is 35.8 Å². The van der Waals surface area contributed by atoms with Crippen LogP contribution in [0.2, 0.25) is 0 Å². The molecule has 2 rings (SSSR count). The van der Waals surface area contributed by atoms with Gasteiger partial charge >= 0.3 is 0 Å². The molecule has 0 fully saturated rings. The van der Waals surface area contributed by atoms with Crippen LogP contribution in [-0.2, 0) is 4.74 Å². The van der Waals surface area contributed by atoms with Gasteiger partial charge in [-0.15, -0.1) is 0 Å². The standard InChI is InChI=1S/C14H18N2O/c1-2-17-10-14(16-15)13-8-7-11-5-3-4-6-12(11)9-13/h3-9,14,16H,2,10,15H2,1H3. The van der Waals surface area contributed by atoms with Crippen molar-refractivity contribution in [3.63, 3.8) is 0 Å². The van der Waals surface area contributed by atoms with Gasteiger partial charge in [0, 0.05) is 6.61 Å². The van der Waals surface area contributed by atoms with Gasteiger partial charge in [0.25, 0.3) is 0 Å². The second-order valence-electron chi connectivity index (χ2n) is 3.99. The molecule has 2 aromatic carbocycles. The van der Waals surface area contributed by atoms with Crippen molar-refractivity contribution in [1.29, 1.82) is 0 Å². The van der Waals surface area contributed by atoms with E-state index in [0.717, 1.165) is 5.56 Å².